The highest BCUT2D eigenvalue weighted by Gasteiger charge is 1.97. The standard InChI is InChI=1S/C3H2N2O2/c6-3-4-1-2-5-7-3/h1H,(H,4,6). The number of nitrogens with one attached hydrogen (secondary N) is 1. The Labute approximate surface area is 39.4 Å². The summed E-state index contributed by atoms with van der Waals surface area (Å²) in [5, 5.41) is 5.23. The first kappa shape index (κ1) is 3.89. The highest BCUT2D eigenvalue weighted by atomic mass is 16.7. The minimum absolute atomic E-state index is 0.571. The van der Waals surface area contributed by atoms with Gasteiger partial charge in [-0.05, 0) is 5.16 Å². The molecule has 1 aliphatic rings. The number of nitrogens with zero attached hydrogens (tertiary/aromatic N) is 1. The van der Waals surface area contributed by atoms with Crippen molar-refractivity contribution in [1.29, 1.82) is 0 Å². The van der Waals surface area contributed by atoms with Crippen molar-refractivity contribution in [3.8, 4) is 0 Å². The zero-order chi connectivity index (χ0) is 5.11. The van der Waals surface area contributed by atoms with Crippen LogP contribution in [0.25, 0.3) is 0 Å². The van der Waals surface area contributed by atoms with Crippen molar-refractivity contribution in [2.45, 2.75) is 0 Å². The van der Waals surface area contributed by atoms with Gasteiger partial charge in [-0.15, -0.1) is 0 Å². The lowest BCUT2D eigenvalue weighted by Crippen LogP contribution is -2.18. The fraction of sp³-hybridized carbons (Fsp3) is 0. The summed E-state index contributed by atoms with van der Waals surface area (Å²) in [5.74, 6) is 2.26. The monoisotopic (exact) mass is 98.0 g/mol. The number of hydrogen-bond donors (Lipinski definition) is 1. The molecule has 36 valence electrons. The van der Waals surface area contributed by atoms with Crippen molar-refractivity contribution in [2.24, 2.45) is 5.16 Å². The molecular formula is C3H2N2O2. The molecule has 0 aromatic rings. The second-order valence-corrected chi connectivity index (χ2v) is 0.888. The van der Waals surface area contributed by atoms with Crippen LogP contribution in [0.15, 0.2) is 11.4 Å². The van der Waals surface area contributed by atoms with E-state index < -0.39 is 6.09 Å². The molecule has 0 unspecified atom stereocenters. The third kappa shape index (κ3) is 0.773. The Morgan fingerprint density at radius 3 is 3.14 bits per heavy atom. The van der Waals surface area contributed by atoms with Crippen LogP contribution in [0.2, 0.25) is 0 Å². The molecular weight excluding hydrogens is 96.0 g/mol. The fourth-order valence-corrected chi connectivity index (χ4v) is 0.212. The zero-order valence-corrected chi connectivity index (χ0v) is 3.34. The Bertz CT molecular complexity index is 133. The molecule has 1 rings (SSSR count). The molecule has 1 N–H and O–H groups in total. The Morgan fingerprint density at radius 2 is 2.86 bits per heavy atom. The Balaban J connectivity index is 2.66. The van der Waals surface area contributed by atoms with Gasteiger partial charge in [-0.25, -0.2) is 4.79 Å². The average molecular weight is 98.1 g/mol. The van der Waals surface area contributed by atoms with Gasteiger partial charge >= 0.3 is 6.09 Å². The van der Waals surface area contributed by atoms with Gasteiger partial charge in [0.05, 0.1) is 6.20 Å². The predicted octanol–water partition coefficient (Wildman–Crippen LogP) is -0.175. The van der Waals surface area contributed by atoms with Crippen LogP contribution in [-0.4, -0.2) is 12.0 Å². The molecule has 4 nitrogen and oxygen atoms in total. The van der Waals surface area contributed by atoms with E-state index in [2.05, 4.69) is 21.2 Å². The second kappa shape index (κ2) is 1.45. The van der Waals surface area contributed by atoms with Gasteiger partial charge in [0.2, 0.25) is 0 Å². The minimum atomic E-state index is -0.571. The normalized spacial score (nSPS) is 15.7. The largest absolute Gasteiger partial charge is 0.438 e. The first-order valence-corrected chi connectivity index (χ1v) is 1.64. The van der Waals surface area contributed by atoms with Crippen molar-refractivity contribution in [3.05, 3.63) is 6.20 Å². The van der Waals surface area contributed by atoms with Crippen molar-refractivity contribution in [1.82, 2.24) is 5.32 Å². The van der Waals surface area contributed by atoms with Crippen LogP contribution in [0.5, 0.6) is 0 Å². The lowest BCUT2D eigenvalue weighted by Gasteiger charge is -1.94. The van der Waals surface area contributed by atoms with Crippen LogP contribution in [0.3, 0.4) is 0 Å². The smallest absolute Gasteiger partial charge is 0.289 e. The van der Waals surface area contributed by atoms with Crippen molar-refractivity contribution in [3.63, 3.8) is 0 Å². The summed E-state index contributed by atoms with van der Waals surface area (Å²) in [6, 6.07) is 0. The molecule has 0 aromatic carbocycles. The molecule has 0 spiro atoms. The van der Waals surface area contributed by atoms with Gasteiger partial charge in [-0.2, -0.15) is 0 Å². The quantitative estimate of drug-likeness (QED) is 0.427. The van der Waals surface area contributed by atoms with E-state index in [9.17, 15) is 4.79 Å². The number of amides is 1. The molecule has 0 bridgehead atoms. The second-order valence-electron chi connectivity index (χ2n) is 0.888. The summed E-state index contributed by atoms with van der Waals surface area (Å²) in [7, 11) is 0. The van der Waals surface area contributed by atoms with E-state index in [1.165, 1.54) is 6.20 Å². The molecule has 0 fully saturated rings. The van der Waals surface area contributed by atoms with E-state index in [0.29, 0.717) is 0 Å². The molecule has 0 saturated carbocycles. The molecule has 7 heavy (non-hydrogen) atoms. The van der Waals surface area contributed by atoms with Crippen molar-refractivity contribution >= 4 is 12.0 Å². The van der Waals surface area contributed by atoms with Crippen LogP contribution < -0.4 is 5.32 Å². The summed E-state index contributed by atoms with van der Waals surface area (Å²) < 4.78 is 0. The number of carbonyl (C=O) groups is 1. The fourth-order valence-electron chi connectivity index (χ4n) is 0.212. The Hall–Kier alpha value is -1.28. The van der Waals surface area contributed by atoms with E-state index in [-0.39, 0.29) is 0 Å². The maximum Gasteiger partial charge on any atom is 0.438 e. The number of rotatable bonds is 0. The summed E-state index contributed by atoms with van der Waals surface area (Å²) in [4.78, 5) is 14.0. The SMILES string of the molecule is O=C1NC=C=NO1. The van der Waals surface area contributed by atoms with E-state index in [1.54, 1.807) is 0 Å². The zero-order valence-electron chi connectivity index (χ0n) is 3.34. The van der Waals surface area contributed by atoms with Crippen LogP contribution in [0.1, 0.15) is 0 Å². The maximum absolute atomic E-state index is 9.96. The number of hydrogen-bond acceptors (Lipinski definition) is 3. The van der Waals surface area contributed by atoms with Gasteiger partial charge in [0.15, 0.2) is 0 Å². The molecule has 4 heteroatoms. The third-order valence-corrected chi connectivity index (χ3v) is 0.436. The van der Waals surface area contributed by atoms with Crippen LogP contribution in [0, 0.1) is 0 Å². The predicted molar refractivity (Wildman–Crippen MR) is 21.6 cm³/mol. The summed E-state index contributed by atoms with van der Waals surface area (Å²) in [6.07, 6.45) is 0.699. The van der Waals surface area contributed by atoms with Crippen LogP contribution in [0.4, 0.5) is 4.79 Å². The first-order chi connectivity index (χ1) is 3.39. The molecule has 1 amide bonds. The third-order valence-electron chi connectivity index (χ3n) is 0.436. The topological polar surface area (TPSA) is 50.7 Å². The van der Waals surface area contributed by atoms with Gasteiger partial charge in [0, 0.05) is 5.87 Å². The molecule has 0 saturated heterocycles. The average Bonchev–Trinajstić information content (AvgIpc) is 1.69. The minimum Gasteiger partial charge on any atom is -0.289 e. The maximum atomic E-state index is 9.96. The van der Waals surface area contributed by atoms with Crippen LogP contribution >= 0.6 is 0 Å². The van der Waals surface area contributed by atoms with Crippen LogP contribution in [-0.2, 0) is 4.84 Å². The molecule has 1 aliphatic heterocycles. The molecule has 0 radical (unpaired) electrons. The van der Waals surface area contributed by atoms with E-state index in [1.807, 2.05) is 0 Å². The molecule has 0 aliphatic carbocycles. The summed E-state index contributed by atoms with van der Waals surface area (Å²) >= 11 is 0. The highest BCUT2D eigenvalue weighted by Crippen LogP contribution is 1.78. The Kier molecular flexibility index (Phi) is 0.805. The lowest BCUT2D eigenvalue weighted by molar-refractivity contribution is 0.153. The molecule has 1 heterocycles. The van der Waals surface area contributed by atoms with Crippen molar-refractivity contribution < 1.29 is 9.63 Å². The molecule has 0 aromatic heterocycles. The summed E-state index contributed by atoms with van der Waals surface area (Å²) in [6.45, 7) is 0. The summed E-state index contributed by atoms with van der Waals surface area (Å²) in [5.41, 5.74) is 0. The molecule has 0 atom stereocenters. The lowest BCUT2D eigenvalue weighted by atomic mass is 10.9. The van der Waals surface area contributed by atoms with Gasteiger partial charge in [-0.1, -0.05) is 0 Å². The van der Waals surface area contributed by atoms with E-state index >= 15 is 0 Å². The van der Waals surface area contributed by atoms with Gasteiger partial charge in [0.25, 0.3) is 0 Å². The van der Waals surface area contributed by atoms with Gasteiger partial charge in [0.1, 0.15) is 0 Å². The van der Waals surface area contributed by atoms with Crippen molar-refractivity contribution in [2.75, 3.05) is 0 Å². The highest BCUT2D eigenvalue weighted by molar-refractivity contribution is 5.73. The van der Waals surface area contributed by atoms with E-state index in [0.717, 1.165) is 0 Å². The first-order valence-electron chi connectivity index (χ1n) is 1.64. The number of carbonyl (C=O) groups excluding carboxylic acids is 1. The Morgan fingerprint density at radius 1 is 2.00 bits per heavy atom. The van der Waals surface area contributed by atoms with E-state index in [4.69, 9.17) is 0 Å². The van der Waals surface area contributed by atoms with Gasteiger partial charge < -0.3 is 0 Å². The van der Waals surface area contributed by atoms with Gasteiger partial charge in [-0.3, -0.25) is 10.2 Å².